The lowest BCUT2D eigenvalue weighted by atomic mass is 10.0. The Morgan fingerprint density at radius 2 is 1.93 bits per heavy atom. The van der Waals surface area contributed by atoms with E-state index in [0.29, 0.717) is 53.7 Å². The fourth-order valence-electron chi connectivity index (χ4n) is 3.37. The molecule has 134 valence electrons. The molecule has 0 spiro atoms. The van der Waals surface area contributed by atoms with Crippen LogP contribution in [0.15, 0.2) is 47.3 Å². The van der Waals surface area contributed by atoms with E-state index in [1.165, 1.54) is 12.1 Å². The average Bonchev–Trinajstić information content (AvgIpc) is 2.89. The van der Waals surface area contributed by atoms with Crippen LogP contribution in [0.25, 0.3) is 10.9 Å². The zero-order valence-electron chi connectivity index (χ0n) is 14.6. The van der Waals surface area contributed by atoms with Crippen LogP contribution in [0, 0.1) is 23.6 Å². The lowest BCUT2D eigenvalue weighted by Gasteiger charge is -2.10. The molecule has 1 unspecified atom stereocenters. The van der Waals surface area contributed by atoms with Gasteiger partial charge in [-0.25, -0.2) is 9.37 Å². The van der Waals surface area contributed by atoms with Crippen molar-refractivity contribution in [3.8, 4) is 11.8 Å². The van der Waals surface area contributed by atoms with Crippen LogP contribution in [0.2, 0.25) is 0 Å². The number of hydrogen-bond acceptors (Lipinski definition) is 3. The number of carbonyl (C=O) groups is 1. The van der Waals surface area contributed by atoms with Gasteiger partial charge in [-0.05, 0) is 49.2 Å². The van der Waals surface area contributed by atoms with Crippen molar-refractivity contribution in [2.75, 3.05) is 0 Å². The number of benzene rings is 2. The van der Waals surface area contributed by atoms with E-state index in [1.807, 2.05) is 0 Å². The predicted octanol–water partition coefficient (Wildman–Crippen LogP) is 3.09. The second-order valence-electron chi connectivity index (χ2n) is 6.70. The summed E-state index contributed by atoms with van der Waals surface area (Å²) in [5.41, 5.74) is 1.82. The number of aryl methyl sites for hydroxylation is 1. The Kier molecular flexibility index (Phi) is 4.55. The molecule has 2 aromatic carbocycles. The Hall–Kier alpha value is -3.26. The molecule has 4 nitrogen and oxygen atoms in total. The van der Waals surface area contributed by atoms with Crippen LogP contribution in [-0.2, 0) is 17.8 Å². The Labute approximate surface area is 155 Å². The molecule has 0 N–H and O–H groups in total. The van der Waals surface area contributed by atoms with Crippen LogP contribution in [0.1, 0.15) is 29.8 Å². The van der Waals surface area contributed by atoms with Gasteiger partial charge in [0.15, 0.2) is 0 Å². The van der Waals surface area contributed by atoms with Crippen molar-refractivity contribution >= 4 is 17.2 Å². The first-order valence-corrected chi connectivity index (χ1v) is 8.90. The van der Waals surface area contributed by atoms with Gasteiger partial charge in [0.1, 0.15) is 17.9 Å². The molecular formula is C22H17FN2O2. The smallest absolute Gasteiger partial charge is 0.261 e. The zero-order chi connectivity index (χ0) is 18.8. The van der Waals surface area contributed by atoms with Crippen molar-refractivity contribution in [1.82, 2.24) is 9.55 Å². The molecule has 1 aliphatic rings. The lowest BCUT2D eigenvalue weighted by Crippen LogP contribution is -2.24. The normalized spacial score (nSPS) is 16.1. The first kappa shape index (κ1) is 17.2. The van der Waals surface area contributed by atoms with E-state index in [4.69, 9.17) is 0 Å². The molecule has 1 atom stereocenters. The molecule has 1 aromatic heterocycles. The van der Waals surface area contributed by atoms with Gasteiger partial charge in [0, 0.05) is 30.0 Å². The Bertz CT molecular complexity index is 1150. The molecule has 1 aliphatic heterocycles. The first-order chi connectivity index (χ1) is 13.1. The van der Waals surface area contributed by atoms with Crippen molar-refractivity contribution in [3.05, 3.63) is 75.6 Å². The van der Waals surface area contributed by atoms with Crippen molar-refractivity contribution < 1.29 is 9.18 Å². The molecule has 27 heavy (non-hydrogen) atoms. The maximum Gasteiger partial charge on any atom is 0.261 e. The fourth-order valence-corrected chi connectivity index (χ4v) is 3.37. The maximum absolute atomic E-state index is 13.3. The summed E-state index contributed by atoms with van der Waals surface area (Å²) in [6.45, 7) is 0.516. The van der Waals surface area contributed by atoms with Crippen LogP contribution in [0.4, 0.5) is 4.39 Å². The minimum Gasteiger partial charge on any atom is -0.303 e. The molecule has 0 bridgehead atoms. The van der Waals surface area contributed by atoms with E-state index in [-0.39, 0.29) is 17.3 Å². The molecular weight excluding hydrogens is 343 g/mol. The van der Waals surface area contributed by atoms with Crippen molar-refractivity contribution in [1.29, 1.82) is 0 Å². The molecule has 4 rings (SSSR count). The van der Waals surface area contributed by atoms with E-state index < -0.39 is 0 Å². The molecule has 3 aromatic rings. The van der Waals surface area contributed by atoms with Gasteiger partial charge >= 0.3 is 0 Å². The topological polar surface area (TPSA) is 52.0 Å². The number of rotatable bonds is 1. The summed E-state index contributed by atoms with van der Waals surface area (Å²) in [7, 11) is 0. The largest absolute Gasteiger partial charge is 0.303 e. The third kappa shape index (κ3) is 3.52. The number of aromatic nitrogens is 2. The highest BCUT2D eigenvalue weighted by Gasteiger charge is 2.18. The monoisotopic (exact) mass is 360 g/mol. The summed E-state index contributed by atoms with van der Waals surface area (Å²) in [5.74, 6) is 6.28. The Morgan fingerprint density at radius 3 is 2.70 bits per heavy atom. The SMILES string of the molecule is O=CC1CCc2nc3cc(C#Cc4cccc(F)c4)ccc3c(=O)n2CC1. The van der Waals surface area contributed by atoms with Crippen LogP contribution < -0.4 is 5.56 Å². The van der Waals surface area contributed by atoms with Crippen molar-refractivity contribution in [2.45, 2.75) is 25.8 Å². The van der Waals surface area contributed by atoms with Gasteiger partial charge in [-0.15, -0.1) is 0 Å². The molecule has 0 radical (unpaired) electrons. The molecule has 0 amide bonds. The number of hydrogen-bond donors (Lipinski definition) is 0. The summed E-state index contributed by atoms with van der Waals surface area (Å²) in [5, 5.41) is 0.541. The molecule has 2 heterocycles. The first-order valence-electron chi connectivity index (χ1n) is 8.90. The third-order valence-electron chi connectivity index (χ3n) is 4.86. The van der Waals surface area contributed by atoms with Crippen LogP contribution >= 0.6 is 0 Å². The fraction of sp³-hybridized carbons (Fsp3) is 0.227. The zero-order valence-corrected chi connectivity index (χ0v) is 14.6. The van der Waals surface area contributed by atoms with Crippen molar-refractivity contribution in [3.63, 3.8) is 0 Å². The van der Waals surface area contributed by atoms with Crippen LogP contribution in [0.5, 0.6) is 0 Å². The number of carbonyl (C=O) groups excluding carboxylic acids is 1. The highest BCUT2D eigenvalue weighted by Crippen LogP contribution is 2.19. The number of nitrogens with zero attached hydrogens (tertiary/aromatic N) is 2. The Morgan fingerprint density at radius 1 is 1.11 bits per heavy atom. The predicted molar refractivity (Wildman–Crippen MR) is 101 cm³/mol. The second kappa shape index (κ2) is 7.16. The minimum absolute atomic E-state index is 0.0260. The molecule has 0 aliphatic carbocycles. The van der Waals surface area contributed by atoms with E-state index in [2.05, 4.69) is 16.8 Å². The van der Waals surface area contributed by atoms with E-state index in [0.717, 1.165) is 6.29 Å². The quantitative estimate of drug-likeness (QED) is 0.495. The van der Waals surface area contributed by atoms with Gasteiger partial charge in [-0.1, -0.05) is 17.9 Å². The second-order valence-corrected chi connectivity index (χ2v) is 6.70. The summed E-state index contributed by atoms with van der Waals surface area (Å²) >= 11 is 0. The molecule has 0 fully saturated rings. The van der Waals surface area contributed by atoms with Crippen LogP contribution in [0.3, 0.4) is 0 Å². The van der Waals surface area contributed by atoms with Crippen LogP contribution in [-0.4, -0.2) is 15.8 Å². The van der Waals surface area contributed by atoms with Gasteiger partial charge < -0.3 is 4.79 Å². The van der Waals surface area contributed by atoms with Gasteiger partial charge in [0.25, 0.3) is 5.56 Å². The Balaban J connectivity index is 1.74. The van der Waals surface area contributed by atoms with E-state index in [9.17, 15) is 14.0 Å². The minimum atomic E-state index is -0.327. The molecule has 0 saturated carbocycles. The maximum atomic E-state index is 13.3. The number of aldehydes is 1. The number of fused-ring (bicyclic) bond motifs is 2. The molecule has 5 heteroatoms. The van der Waals surface area contributed by atoms with Gasteiger partial charge in [0.05, 0.1) is 10.9 Å². The number of halogens is 1. The average molecular weight is 360 g/mol. The van der Waals surface area contributed by atoms with Gasteiger partial charge in [-0.2, -0.15) is 0 Å². The highest BCUT2D eigenvalue weighted by molar-refractivity contribution is 5.79. The molecule has 0 saturated heterocycles. The van der Waals surface area contributed by atoms with Crippen molar-refractivity contribution in [2.24, 2.45) is 5.92 Å². The summed E-state index contributed by atoms with van der Waals surface area (Å²) in [6, 6.07) is 11.4. The summed E-state index contributed by atoms with van der Waals surface area (Å²) in [4.78, 5) is 28.6. The highest BCUT2D eigenvalue weighted by atomic mass is 19.1. The van der Waals surface area contributed by atoms with E-state index in [1.54, 1.807) is 34.9 Å². The summed E-state index contributed by atoms with van der Waals surface area (Å²) < 4.78 is 14.9. The van der Waals surface area contributed by atoms with Gasteiger partial charge in [0.2, 0.25) is 0 Å². The van der Waals surface area contributed by atoms with E-state index >= 15 is 0 Å². The van der Waals surface area contributed by atoms with Gasteiger partial charge in [-0.3, -0.25) is 9.36 Å². The lowest BCUT2D eigenvalue weighted by molar-refractivity contribution is -0.111. The summed E-state index contributed by atoms with van der Waals surface area (Å²) in [6.07, 6.45) is 2.95. The third-order valence-corrected chi connectivity index (χ3v) is 4.86. The standard InChI is InChI=1S/C22H17FN2O2/c23-18-3-1-2-15(12-18)4-5-16-6-8-19-20(13-16)24-21-9-7-17(14-26)10-11-25(21)22(19)27/h1-3,6,8,12-14,17H,7,9-11H2.